The van der Waals surface area contributed by atoms with Crippen molar-refractivity contribution in [1.82, 2.24) is 20.1 Å². The van der Waals surface area contributed by atoms with Crippen LogP contribution < -0.4 is 5.32 Å². The summed E-state index contributed by atoms with van der Waals surface area (Å²) in [7, 11) is 0. The first kappa shape index (κ1) is 19.4. The average Bonchev–Trinajstić information content (AvgIpc) is 3.31. The molecule has 0 aromatic carbocycles. The van der Waals surface area contributed by atoms with E-state index in [0.717, 1.165) is 45.3 Å². The Morgan fingerprint density at radius 3 is 2.54 bits per heavy atom. The Morgan fingerprint density at radius 2 is 1.89 bits per heavy atom. The minimum atomic E-state index is -0.345. The molecule has 6 nitrogen and oxygen atoms in total. The van der Waals surface area contributed by atoms with Gasteiger partial charge in [0.15, 0.2) is 0 Å². The van der Waals surface area contributed by atoms with Crippen molar-refractivity contribution in [2.45, 2.75) is 70.5 Å². The maximum Gasteiger partial charge on any atom is 0.243 e. The lowest BCUT2D eigenvalue weighted by atomic mass is 9.76. The van der Waals surface area contributed by atoms with Gasteiger partial charge in [-0.1, -0.05) is 12.8 Å². The summed E-state index contributed by atoms with van der Waals surface area (Å²) in [4.78, 5) is 34.5. The van der Waals surface area contributed by atoms with Crippen LogP contribution in [0, 0.1) is 5.41 Å². The number of hydrogen-bond donors (Lipinski definition) is 1. The Balaban J connectivity index is 1.39. The predicted molar refractivity (Wildman–Crippen MR) is 107 cm³/mol. The number of carbonyl (C=O) groups is 2. The van der Waals surface area contributed by atoms with E-state index < -0.39 is 0 Å². The minimum absolute atomic E-state index is 0.0678. The smallest absolute Gasteiger partial charge is 0.243 e. The third-order valence-corrected chi connectivity index (χ3v) is 6.99. The van der Waals surface area contributed by atoms with Crippen LogP contribution in [0.5, 0.6) is 0 Å². The second kappa shape index (κ2) is 8.19. The molecule has 2 amide bonds. The Morgan fingerprint density at radius 1 is 1.21 bits per heavy atom. The molecule has 1 saturated carbocycles. The highest BCUT2D eigenvalue weighted by molar-refractivity contribution is 5.94. The quantitative estimate of drug-likeness (QED) is 0.846. The molecule has 2 saturated heterocycles. The normalized spacial score (nSPS) is 25.5. The maximum atomic E-state index is 13.2. The first-order valence-electron chi connectivity index (χ1n) is 10.8. The predicted octanol–water partition coefficient (Wildman–Crippen LogP) is 2.34. The minimum Gasteiger partial charge on any atom is -0.352 e. The van der Waals surface area contributed by atoms with Crippen LogP contribution in [0.1, 0.15) is 57.4 Å². The van der Waals surface area contributed by atoms with Crippen LogP contribution in [-0.4, -0.2) is 58.3 Å². The van der Waals surface area contributed by atoms with Gasteiger partial charge in [0.05, 0.1) is 5.41 Å². The molecule has 1 aromatic rings. The SMILES string of the molecule is CCN1C(=O)C2(CCN(Cc3ccncc3)CC2)CC1C(=O)NC1CCCC1. The lowest BCUT2D eigenvalue weighted by Gasteiger charge is -2.37. The number of carbonyl (C=O) groups excluding carboxylic acids is 2. The summed E-state index contributed by atoms with van der Waals surface area (Å²) in [6, 6.07) is 4.12. The standard InChI is InChI=1S/C22H32N4O2/c1-2-26-19(20(27)24-18-5-3-4-6-18)15-22(21(26)28)9-13-25(14-10-22)16-17-7-11-23-12-8-17/h7-8,11-12,18-19H,2-6,9-10,13-16H2,1H3,(H,24,27). The molecule has 0 bridgehead atoms. The Bertz CT molecular complexity index is 694. The number of pyridine rings is 1. The van der Waals surface area contributed by atoms with E-state index in [1.165, 1.54) is 18.4 Å². The second-order valence-electron chi connectivity index (χ2n) is 8.71. The Hall–Kier alpha value is -1.95. The van der Waals surface area contributed by atoms with E-state index >= 15 is 0 Å². The summed E-state index contributed by atoms with van der Waals surface area (Å²) in [5.41, 5.74) is 0.912. The fourth-order valence-corrected chi connectivity index (χ4v) is 5.28. The first-order chi connectivity index (χ1) is 13.6. The van der Waals surface area contributed by atoms with Gasteiger partial charge < -0.3 is 10.2 Å². The zero-order valence-electron chi connectivity index (χ0n) is 16.9. The van der Waals surface area contributed by atoms with Gasteiger partial charge in [-0.05, 0) is 69.8 Å². The number of hydrogen-bond acceptors (Lipinski definition) is 4. The van der Waals surface area contributed by atoms with Crippen LogP contribution in [0.25, 0.3) is 0 Å². The highest BCUT2D eigenvalue weighted by atomic mass is 16.2. The van der Waals surface area contributed by atoms with Gasteiger partial charge in [-0.3, -0.25) is 19.5 Å². The molecule has 28 heavy (non-hydrogen) atoms. The van der Waals surface area contributed by atoms with E-state index in [0.29, 0.717) is 19.0 Å². The Labute approximate surface area is 167 Å². The number of likely N-dealkylation sites (tertiary alicyclic amines) is 2. The molecule has 3 heterocycles. The number of aromatic nitrogens is 1. The zero-order chi connectivity index (χ0) is 19.6. The highest BCUT2D eigenvalue weighted by Crippen LogP contribution is 2.44. The summed E-state index contributed by atoms with van der Waals surface area (Å²) >= 11 is 0. The summed E-state index contributed by atoms with van der Waals surface area (Å²) in [6.45, 7) is 5.32. The molecule has 1 N–H and O–H groups in total. The van der Waals surface area contributed by atoms with Gasteiger partial charge >= 0.3 is 0 Å². The summed E-state index contributed by atoms with van der Waals surface area (Å²) in [5, 5.41) is 3.22. The monoisotopic (exact) mass is 384 g/mol. The lowest BCUT2D eigenvalue weighted by molar-refractivity contribution is -0.141. The van der Waals surface area contributed by atoms with Gasteiger partial charge in [0.25, 0.3) is 0 Å². The van der Waals surface area contributed by atoms with Gasteiger partial charge in [-0.2, -0.15) is 0 Å². The third-order valence-electron chi connectivity index (χ3n) is 6.99. The fraction of sp³-hybridized carbons (Fsp3) is 0.682. The van der Waals surface area contributed by atoms with Crippen molar-refractivity contribution in [1.29, 1.82) is 0 Å². The highest BCUT2D eigenvalue weighted by Gasteiger charge is 2.54. The largest absolute Gasteiger partial charge is 0.352 e. The number of nitrogens with zero attached hydrogens (tertiary/aromatic N) is 3. The maximum absolute atomic E-state index is 13.2. The molecule has 3 fully saturated rings. The molecule has 0 radical (unpaired) electrons. The van der Waals surface area contributed by atoms with E-state index in [2.05, 4.69) is 15.2 Å². The second-order valence-corrected chi connectivity index (χ2v) is 8.71. The van der Waals surface area contributed by atoms with Crippen molar-refractivity contribution >= 4 is 11.8 Å². The first-order valence-corrected chi connectivity index (χ1v) is 10.8. The molecule has 1 aromatic heterocycles. The van der Waals surface area contributed by atoms with Crippen LogP contribution in [0.3, 0.4) is 0 Å². The van der Waals surface area contributed by atoms with Gasteiger partial charge in [0.1, 0.15) is 6.04 Å². The fourth-order valence-electron chi connectivity index (χ4n) is 5.28. The molecular weight excluding hydrogens is 352 g/mol. The van der Waals surface area contributed by atoms with Crippen molar-refractivity contribution in [3.05, 3.63) is 30.1 Å². The van der Waals surface area contributed by atoms with Crippen molar-refractivity contribution in [2.24, 2.45) is 5.41 Å². The topological polar surface area (TPSA) is 65.5 Å². The number of amides is 2. The van der Waals surface area contributed by atoms with E-state index in [1.54, 1.807) is 0 Å². The van der Waals surface area contributed by atoms with Crippen LogP contribution >= 0.6 is 0 Å². The molecule has 152 valence electrons. The van der Waals surface area contributed by atoms with E-state index in [1.807, 2.05) is 36.4 Å². The lowest BCUT2D eigenvalue weighted by Crippen LogP contribution is -2.47. The molecule has 3 aliphatic rings. The van der Waals surface area contributed by atoms with Gasteiger partial charge in [-0.15, -0.1) is 0 Å². The molecule has 2 aliphatic heterocycles. The molecule has 6 heteroatoms. The molecule has 4 rings (SSSR count). The molecule has 1 atom stereocenters. The van der Waals surface area contributed by atoms with Crippen molar-refractivity contribution in [3.63, 3.8) is 0 Å². The summed E-state index contributed by atoms with van der Waals surface area (Å²) in [6.07, 6.45) is 10.6. The summed E-state index contributed by atoms with van der Waals surface area (Å²) in [5.74, 6) is 0.267. The number of nitrogens with one attached hydrogen (secondary N) is 1. The summed E-state index contributed by atoms with van der Waals surface area (Å²) < 4.78 is 0. The van der Waals surface area contributed by atoms with Crippen LogP contribution in [0.15, 0.2) is 24.5 Å². The van der Waals surface area contributed by atoms with Gasteiger partial charge in [0, 0.05) is 31.5 Å². The average molecular weight is 385 g/mol. The van der Waals surface area contributed by atoms with Gasteiger partial charge in [0.2, 0.25) is 11.8 Å². The number of likely N-dealkylation sites (N-methyl/N-ethyl adjacent to an activating group) is 1. The van der Waals surface area contributed by atoms with E-state index in [9.17, 15) is 9.59 Å². The van der Waals surface area contributed by atoms with E-state index in [4.69, 9.17) is 0 Å². The number of rotatable bonds is 5. The molecule has 1 aliphatic carbocycles. The Kier molecular flexibility index (Phi) is 5.67. The van der Waals surface area contributed by atoms with Crippen LogP contribution in [0.2, 0.25) is 0 Å². The van der Waals surface area contributed by atoms with Crippen molar-refractivity contribution in [2.75, 3.05) is 19.6 Å². The van der Waals surface area contributed by atoms with Gasteiger partial charge in [-0.25, -0.2) is 0 Å². The van der Waals surface area contributed by atoms with Crippen molar-refractivity contribution < 1.29 is 9.59 Å². The molecular formula is C22H32N4O2. The third kappa shape index (κ3) is 3.79. The molecule has 1 unspecified atom stereocenters. The van der Waals surface area contributed by atoms with E-state index in [-0.39, 0.29) is 23.3 Å². The molecule has 1 spiro atoms. The van der Waals surface area contributed by atoms with Crippen LogP contribution in [-0.2, 0) is 16.1 Å². The number of piperidine rings is 1. The van der Waals surface area contributed by atoms with Crippen LogP contribution in [0.4, 0.5) is 0 Å². The van der Waals surface area contributed by atoms with Crippen molar-refractivity contribution in [3.8, 4) is 0 Å². The zero-order valence-corrected chi connectivity index (χ0v) is 16.9.